The van der Waals surface area contributed by atoms with Gasteiger partial charge in [-0.1, -0.05) is 54.6 Å². The van der Waals surface area contributed by atoms with Crippen molar-refractivity contribution in [1.82, 2.24) is 9.97 Å². The minimum absolute atomic E-state index is 0. The molecule has 1 saturated heterocycles. The number of aromatic nitrogens is 2. The van der Waals surface area contributed by atoms with Gasteiger partial charge in [0, 0.05) is 25.4 Å². The summed E-state index contributed by atoms with van der Waals surface area (Å²) in [5.41, 5.74) is -0.163. The van der Waals surface area contributed by atoms with Crippen molar-refractivity contribution in [3.8, 4) is 0 Å². The van der Waals surface area contributed by atoms with E-state index in [4.69, 9.17) is 0 Å². The summed E-state index contributed by atoms with van der Waals surface area (Å²) < 4.78 is 0. The van der Waals surface area contributed by atoms with Crippen LogP contribution in [0.3, 0.4) is 0 Å². The summed E-state index contributed by atoms with van der Waals surface area (Å²) in [5, 5.41) is 3.67. The maximum absolute atomic E-state index is 13.9. The van der Waals surface area contributed by atoms with Crippen LogP contribution in [0.1, 0.15) is 6.42 Å². The fourth-order valence-electron chi connectivity index (χ4n) is 4.63. The molecular weight excluding hydrogens is 481 g/mol. The highest BCUT2D eigenvalue weighted by atomic mass is 79.9. The second kappa shape index (κ2) is 9.72. The first kappa shape index (κ1) is 22.3. The topological polar surface area (TPSA) is 46.1 Å². The number of rotatable bonds is 5. The van der Waals surface area contributed by atoms with Gasteiger partial charge in [-0.05, 0) is 42.5 Å². The van der Waals surface area contributed by atoms with E-state index in [1.54, 1.807) is 23.4 Å². The molecule has 0 bridgehead atoms. The Labute approximate surface area is 199 Å². The van der Waals surface area contributed by atoms with Crippen molar-refractivity contribution < 1.29 is 21.8 Å². The molecule has 4 nitrogen and oxygen atoms in total. The van der Waals surface area contributed by atoms with Gasteiger partial charge in [-0.15, -0.1) is 0 Å². The van der Waals surface area contributed by atoms with E-state index < -0.39 is 7.26 Å². The summed E-state index contributed by atoms with van der Waals surface area (Å²) in [4.78, 5) is 24.4. The van der Waals surface area contributed by atoms with E-state index >= 15 is 0 Å². The van der Waals surface area contributed by atoms with E-state index in [0.717, 1.165) is 6.42 Å². The predicted molar refractivity (Wildman–Crippen MR) is 128 cm³/mol. The van der Waals surface area contributed by atoms with Crippen molar-refractivity contribution in [2.75, 3.05) is 11.4 Å². The van der Waals surface area contributed by atoms with Crippen LogP contribution in [0.4, 0.5) is 5.95 Å². The molecule has 160 valence electrons. The van der Waals surface area contributed by atoms with Crippen molar-refractivity contribution in [3.63, 3.8) is 0 Å². The minimum Gasteiger partial charge on any atom is -1.00 e. The van der Waals surface area contributed by atoms with Crippen molar-refractivity contribution >= 4 is 35.0 Å². The van der Waals surface area contributed by atoms with Crippen LogP contribution in [-0.2, 0) is 4.79 Å². The third kappa shape index (κ3) is 3.76. The lowest BCUT2D eigenvalue weighted by Crippen LogP contribution is -3.00. The molecule has 1 aliphatic rings. The van der Waals surface area contributed by atoms with Crippen molar-refractivity contribution in [2.45, 2.75) is 12.1 Å². The molecule has 3 aromatic carbocycles. The van der Waals surface area contributed by atoms with Crippen LogP contribution in [0.15, 0.2) is 109 Å². The molecule has 5 rings (SSSR count). The number of anilines is 1. The Kier molecular flexibility index (Phi) is 6.78. The van der Waals surface area contributed by atoms with E-state index in [9.17, 15) is 4.79 Å². The summed E-state index contributed by atoms with van der Waals surface area (Å²) >= 11 is 0. The van der Waals surface area contributed by atoms with Gasteiger partial charge in [0.1, 0.15) is 23.2 Å². The molecule has 0 radical (unpaired) electrons. The Morgan fingerprint density at radius 3 is 1.56 bits per heavy atom. The minimum atomic E-state index is -2.26. The molecule has 1 aromatic heterocycles. The maximum Gasteiger partial charge on any atom is 0.271 e. The fraction of sp³-hybridized carbons (Fsp3) is 0.115. The maximum atomic E-state index is 13.9. The Bertz CT molecular complexity index is 1060. The van der Waals surface area contributed by atoms with E-state index in [0.29, 0.717) is 12.5 Å². The summed E-state index contributed by atoms with van der Waals surface area (Å²) in [6, 6.07) is 33.4. The van der Waals surface area contributed by atoms with Gasteiger partial charge in [0.2, 0.25) is 5.95 Å². The Balaban J connectivity index is 0.00000245. The third-order valence-corrected chi connectivity index (χ3v) is 10.7. The quantitative estimate of drug-likeness (QED) is 0.374. The molecule has 1 atom stereocenters. The smallest absolute Gasteiger partial charge is 0.271 e. The first-order chi connectivity index (χ1) is 15.3. The van der Waals surface area contributed by atoms with Crippen LogP contribution >= 0.6 is 7.26 Å². The Hall–Kier alpha value is -2.88. The average Bonchev–Trinajstić information content (AvgIpc) is 3.24. The molecule has 4 aromatic rings. The van der Waals surface area contributed by atoms with Gasteiger partial charge in [0.25, 0.3) is 5.91 Å². The van der Waals surface area contributed by atoms with E-state index in [2.05, 4.69) is 82.8 Å². The Morgan fingerprint density at radius 2 is 1.12 bits per heavy atom. The van der Waals surface area contributed by atoms with Gasteiger partial charge >= 0.3 is 0 Å². The first-order valence-corrected chi connectivity index (χ1v) is 12.3. The molecule has 1 aliphatic heterocycles. The van der Waals surface area contributed by atoms with Crippen molar-refractivity contribution in [2.24, 2.45) is 0 Å². The zero-order valence-corrected chi connectivity index (χ0v) is 19.9. The van der Waals surface area contributed by atoms with E-state index in [1.165, 1.54) is 15.9 Å². The lowest BCUT2D eigenvalue weighted by atomic mass is 10.3. The molecule has 0 aliphatic carbocycles. The molecule has 0 spiro atoms. The van der Waals surface area contributed by atoms with Crippen LogP contribution in [-0.4, -0.2) is 28.1 Å². The van der Waals surface area contributed by atoms with Gasteiger partial charge in [-0.2, -0.15) is 0 Å². The number of amides is 1. The zero-order valence-electron chi connectivity index (χ0n) is 17.5. The summed E-state index contributed by atoms with van der Waals surface area (Å²) in [7, 11) is -2.26. The normalized spacial score (nSPS) is 15.9. The van der Waals surface area contributed by atoms with Gasteiger partial charge in [0.15, 0.2) is 5.66 Å². The molecule has 0 saturated carbocycles. The van der Waals surface area contributed by atoms with Gasteiger partial charge in [-0.25, -0.2) is 9.97 Å². The standard InChI is InChI=1S/C26H23N3OP.BrH/c30-25-24(17-20-29(25)26-27-18-10-19-28-26)31(21-11-4-1-5-12-21,22-13-6-2-7-14-22)23-15-8-3-9-16-23;/h1-16,18-19,24H,17,20H2;1H/q+1;/p-1/t24-;/m1./s1. The molecule has 1 amide bonds. The van der Waals surface area contributed by atoms with Crippen molar-refractivity contribution in [1.29, 1.82) is 0 Å². The largest absolute Gasteiger partial charge is 1.00 e. The fourth-order valence-corrected chi connectivity index (χ4v) is 9.50. The number of halogens is 1. The lowest BCUT2D eigenvalue weighted by Gasteiger charge is -2.31. The first-order valence-electron chi connectivity index (χ1n) is 10.5. The van der Waals surface area contributed by atoms with Crippen LogP contribution < -0.4 is 37.8 Å². The number of carbonyl (C=O) groups is 1. The zero-order chi connectivity index (χ0) is 21.1. The molecular formula is C26H23BrN3OP. The second-order valence-corrected chi connectivity index (χ2v) is 11.2. The van der Waals surface area contributed by atoms with E-state index in [-0.39, 0.29) is 28.5 Å². The highest BCUT2D eigenvalue weighted by Crippen LogP contribution is 2.62. The predicted octanol–water partition coefficient (Wildman–Crippen LogP) is 0.580. The van der Waals surface area contributed by atoms with E-state index in [1.807, 2.05) is 18.2 Å². The van der Waals surface area contributed by atoms with Crippen molar-refractivity contribution in [3.05, 3.63) is 109 Å². The van der Waals surface area contributed by atoms with Crippen LogP contribution in [0.25, 0.3) is 0 Å². The lowest BCUT2D eigenvalue weighted by molar-refractivity contribution is -0.116. The monoisotopic (exact) mass is 503 g/mol. The van der Waals surface area contributed by atoms with Gasteiger partial charge in [-0.3, -0.25) is 9.69 Å². The van der Waals surface area contributed by atoms with Crippen LogP contribution in [0.5, 0.6) is 0 Å². The summed E-state index contributed by atoms with van der Waals surface area (Å²) in [6.07, 6.45) is 4.15. The summed E-state index contributed by atoms with van der Waals surface area (Å²) in [5.74, 6) is 0.596. The number of hydrogen-bond acceptors (Lipinski definition) is 3. The molecule has 0 N–H and O–H groups in total. The van der Waals surface area contributed by atoms with Crippen LogP contribution in [0.2, 0.25) is 0 Å². The second-order valence-electron chi connectivity index (χ2n) is 7.57. The van der Waals surface area contributed by atoms with Gasteiger partial charge < -0.3 is 17.0 Å². The molecule has 2 heterocycles. The van der Waals surface area contributed by atoms with Crippen LogP contribution in [0, 0.1) is 0 Å². The number of nitrogens with zero attached hydrogens (tertiary/aromatic N) is 3. The molecule has 0 unspecified atom stereocenters. The summed E-state index contributed by atoms with van der Waals surface area (Å²) in [6.45, 7) is 0.627. The highest BCUT2D eigenvalue weighted by molar-refractivity contribution is 7.97. The molecule has 6 heteroatoms. The average molecular weight is 504 g/mol. The number of carbonyl (C=O) groups excluding carboxylic acids is 1. The molecule has 32 heavy (non-hydrogen) atoms. The number of benzene rings is 3. The third-order valence-electron chi connectivity index (χ3n) is 5.93. The number of hydrogen-bond donors (Lipinski definition) is 0. The Morgan fingerprint density at radius 1 is 0.688 bits per heavy atom. The molecule has 1 fully saturated rings. The SMILES string of the molecule is O=C1[C@H]([P+](c2ccccc2)(c2ccccc2)c2ccccc2)CCN1c1ncccn1.[Br-]. The van der Waals surface area contributed by atoms with Gasteiger partial charge in [0.05, 0.1) is 0 Å². The highest BCUT2D eigenvalue weighted by Gasteiger charge is 2.59.